The van der Waals surface area contributed by atoms with Crippen molar-refractivity contribution < 1.29 is 62.3 Å². The molecular formula is C50H62N6O14. The van der Waals surface area contributed by atoms with E-state index in [2.05, 4.69) is 5.32 Å². The van der Waals surface area contributed by atoms with Gasteiger partial charge in [-0.15, -0.1) is 0 Å². The molecule has 8 rings (SSSR count). The first-order valence-electron chi connectivity index (χ1n) is 24.4. The molecule has 0 unspecified atom stereocenters. The highest BCUT2D eigenvalue weighted by Gasteiger charge is 2.45. The van der Waals surface area contributed by atoms with Gasteiger partial charge in [0.05, 0.1) is 88.3 Å². The van der Waals surface area contributed by atoms with E-state index in [1.54, 1.807) is 45.6 Å². The number of aliphatic hydroxyl groups is 1. The Morgan fingerprint density at radius 3 is 2.11 bits per heavy atom. The first-order chi connectivity index (χ1) is 33.9. The van der Waals surface area contributed by atoms with Crippen LogP contribution in [0, 0.1) is 11.8 Å². The monoisotopic (exact) mass is 970 g/mol. The number of nitrogens with one attached hydrogen (secondary N) is 1. The molecule has 6 heterocycles. The zero-order valence-electron chi connectivity index (χ0n) is 39.9. The second-order valence-electron chi connectivity index (χ2n) is 18.1. The molecule has 2 N–H and O–H groups in total. The molecule has 2 fully saturated rings. The van der Waals surface area contributed by atoms with E-state index in [1.165, 1.54) is 17.1 Å². The summed E-state index contributed by atoms with van der Waals surface area (Å²) in [6.45, 7) is 8.72. The Hall–Kier alpha value is -6.06. The molecule has 1 aliphatic carbocycles. The Morgan fingerprint density at radius 2 is 1.46 bits per heavy atom. The maximum Gasteiger partial charge on any atom is 0.415 e. The van der Waals surface area contributed by atoms with E-state index in [-0.39, 0.29) is 84.8 Å². The van der Waals surface area contributed by atoms with Crippen LogP contribution in [0.5, 0.6) is 5.75 Å². The van der Waals surface area contributed by atoms with E-state index in [4.69, 9.17) is 33.4 Å². The largest absolute Gasteiger partial charge is 0.458 e. The lowest BCUT2D eigenvalue weighted by Crippen LogP contribution is -2.51. The molecule has 0 spiro atoms. The Labute approximate surface area is 405 Å². The molecule has 0 bridgehead atoms. The number of imide groups is 1. The number of hydrogen-bond acceptors (Lipinski definition) is 15. The fourth-order valence-corrected chi connectivity index (χ4v) is 9.86. The van der Waals surface area contributed by atoms with Gasteiger partial charge in [0.2, 0.25) is 11.8 Å². The van der Waals surface area contributed by atoms with Gasteiger partial charge in [-0.05, 0) is 74.3 Å². The maximum atomic E-state index is 13.7. The van der Waals surface area contributed by atoms with Crippen LogP contribution in [0.25, 0.3) is 22.3 Å². The molecule has 3 aromatic rings. The summed E-state index contributed by atoms with van der Waals surface area (Å²) in [7, 11) is 0. The topological polar surface area (TPSA) is 235 Å². The van der Waals surface area contributed by atoms with Gasteiger partial charge in [0, 0.05) is 73.9 Å². The van der Waals surface area contributed by atoms with Gasteiger partial charge in [0.25, 0.3) is 17.4 Å². The number of fused-ring (bicyclic) bond motifs is 5. The molecule has 20 nitrogen and oxygen atoms in total. The molecule has 5 aliphatic rings. The predicted octanol–water partition coefficient (Wildman–Crippen LogP) is 2.59. The number of cyclic esters (lactones) is 1. The molecule has 70 heavy (non-hydrogen) atoms. The van der Waals surface area contributed by atoms with Crippen LogP contribution in [0.2, 0.25) is 0 Å². The average molecular weight is 971 g/mol. The van der Waals surface area contributed by atoms with Gasteiger partial charge in [0.15, 0.2) is 5.60 Å². The molecule has 1 aromatic carbocycles. The molecule has 1 saturated carbocycles. The van der Waals surface area contributed by atoms with Crippen LogP contribution in [-0.2, 0) is 72.8 Å². The number of nitrogens with zero attached hydrogens (tertiary/aromatic N) is 5. The van der Waals surface area contributed by atoms with E-state index < -0.39 is 17.7 Å². The number of pyridine rings is 2. The van der Waals surface area contributed by atoms with Gasteiger partial charge in [-0.3, -0.25) is 28.9 Å². The summed E-state index contributed by atoms with van der Waals surface area (Å²) in [5, 5.41) is 14.9. The molecule has 2 aromatic heterocycles. The minimum Gasteiger partial charge on any atom is -0.458 e. The van der Waals surface area contributed by atoms with Crippen molar-refractivity contribution in [2.45, 2.75) is 77.5 Å². The number of amides is 5. The Balaban J connectivity index is 0.660. The highest BCUT2D eigenvalue weighted by Crippen LogP contribution is 2.41. The third kappa shape index (κ3) is 11.1. The fourth-order valence-electron chi connectivity index (χ4n) is 9.86. The Bertz CT molecular complexity index is 2550. The standard InChI is InChI=1S/C50H62N6O14/c1-3-35-36-27-34(9-10-40(36)52-45-37(35)30-55-41(45)28-39-38(47(55)61)31-69-48(62)50(39,64)4-2)70-49(63)54-17-15-53(16-18-54)42(57)13-19-65-21-23-67-25-26-68-24-22-66-20-14-51-46(60)33-7-5-32(6-8-33)29-56-43(58)11-12-44(56)59/h9-12,27-28,32-33,64H,3-8,13-26,29-31H2,1-2H3,(H,51,60)/t32-,33-,50-/m0/s1. The lowest BCUT2D eigenvalue weighted by Gasteiger charge is -2.34. The summed E-state index contributed by atoms with van der Waals surface area (Å²) >= 11 is 0. The van der Waals surface area contributed by atoms with Gasteiger partial charge >= 0.3 is 12.1 Å². The van der Waals surface area contributed by atoms with Crippen molar-refractivity contribution in [3.63, 3.8) is 0 Å². The maximum absolute atomic E-state index is 13.7. The second-order valence-corrected chi connectivity index (χ2v) is 18.1. The van der Waals surface area contributed by atoms with Crippen LogP contribution < -0.4 is 15.6 Å². The molecule has 1 atom stereocenters. The van der Waals surface area contributed by atoms with Crippen LogP contribution in [0.3, 0.4) is 0 Å². The zero-order chi connectivity index (χ0) is 49.4. The minimum absolute atomic E-state index is 0.00670. The van der Waals surface area contributed by atoms with E-state index in [9.17, 15) is 38.7 Å². The van der Waals surface area contributed by atoms with Gasteiger partial charge in [0.1, 0.15) is 12.4 Å². The van der Waals surface area contributed by atoms with Crippen molar-refractivity contribution >= 4 is 46.6 Å². The van der Waals surface area contributed by atoms with E-state index in [1.807, 2.05) is 6.92 Å². The summed E-state index contributed by atoms with van der Waals surface area (Å²) in [5.74, 6) is -0.862. The predicted molar refractivity (Wildman–Crippen MR) is 250 cm³/mol. The van der Waals surface area contributed by atoms with E-state index in [0.29, 0.717) is 115 Å². The highest BCUT2D eigenvalue weighted by atomic mass is 16.6. The van der Waals surface area contributed by atoms with E-state index in [0.717, 1.165) is 42.2 Å². The van der Waals surface area contributed by atoms with Crippen LogP contribution >= 0.6 is 0 Å². The molecule has 20 heteroatoms. The molecule has 1 saturated heterocycles. The fraction of sp³-hybridized carbons (Fsp3) is 0.560. The van der Waals surface area contributed by atoms with Crippen molar-refractivity contribution in [2.75, 3.05) is 92.1 Å². The quantitative estimate of drug-likeness (QED) is 0.0694. The summed E-state index contributed by atoms with van der Waals surface area (Å²) in [6.07, 6.45) is 6.01. The van der Waals surface area contributed by atoms with Crippen molar-refractivity contribution in [3.8, 4) is 17.1 Å². The SMILES string of the molecule is CCc1c2c(nc3ccc(OC(=O)N4CCN(C(=O)CCOCCOCCOCCOCCNC(=O)[C@H]5CC[C@H](CN6C(=O)C=CC6=O)CC5)CC4)cc13)-c1cc3c(c(=O)n1C2)COC(=O)[C@]3(O)CC. The smallest absolute Gasteiger partial charge is 0.415 e. The number of rotatable bonds is 21. The van der Waals surface area contributed by atoms with Crippen molar-refractivity contribution in [2.24, 2.45) is 11.8 Å². The molecule has 5 amide bonds. The molecule has 0 radical (unpaired) electrons. The van der Waals surface area contributed by atoms with Crippen LogP contribution in [0.15, 0.2) is 41.2 Å². The number of esters is 1. The summed E-state index contributed by atoms with van der Waals surface area (Å²) in [4.78, 5) is 98.1. The lowest BCUT2D eigenvalue weighted by molar-refractivity contribution is -0.172. The van der Waals surface area contributed by atoms with Crippen molar-refractivity contribution in [3.05, 3.63) is 69.0 Å². The number of aryl methyl sites for hydroxylation is 1. The Kier molecular flexibility index (Phi) is 16.4. The number of hydrogen-bond donors (Lipinski definition) is 2. The van der Waals surface area contributed by atoms with Crippen LogP contribution in [-0.4, -0.2) is 157 Å². The first-order valence-corrected chi connectivity index (χ1v) is 24.4. The Morgan fingerprint density at radius 1 is 0.814 bits per heavy atom. The summed E-state index contributed by atoms with van der Waals surface area (Å²) in [6, 6.07) is 6.92. The number of carbonyl (C=O) groups is 6. The van der Waals surface area contributed by atoms with Crippen molar-refractivity contribution in [1.82, 2.24) is 29.6 Å². The average Bonchev–Trinajstić information content (AvgIpc) is 3.90. The molecular weight excluding hydrogens is 909 g/mol. The number of carbonyl (C=O) groups excluding carboxylic acids is 6. The lowest BCUT2D eigenvalue weighted by atomic mass is 9.81. The third-order valence-corrected chi connectivity index (χ3v) is 13.9. The second kappa shape index (κ2) is 22.8. The first kappa shape index (κ1) is 50.3. The van der Waals surface area contributed by atoms with Gasteiger partial charge in [-0.2, -0.15) is 0 Å². The normalized spacial score (nSPS) is 20.7. The van der Waals surface area contributed by atoms with E-state index >= 15 is 0 Å². The number of aromatic nitrogens is 2. The number of benzene rings is 1. The number of piperazine rings is 1. The van der Waals surface area contributed by atoms with Gasteiger partial charge in [-0.25, -0.2) is 14.6 Å². The number of ether oxygens (including phenoxy) is 6. The van der Waals surface area contributed by atoms with Gasteiger partial charge in [-0.1, -0.05) is 13.8 Å². The summed E-state index contributed by atoms with van der Waals surface area (Å²) in [5.41, 5.74) is 1.84. The van der Waals surface area contributed by atoms with Crippen molar-refractivity contribution in [1.29, 1.82) is 0 Å². The molecule has 4 aliphatic heterocycles. The summed E-state index contributed by atoms with van der Waals surface area (Å²) < 4.78 is 34.9. The third-order valence-electron chi connectivity index (χ3n) is 13.9. The van der Waals surface area contributed by atoms with Crippen LogP contribution in [0.4, 0.5) is 4.79 Å². The zero-order valence-corrected chi connectivity index (χ0v) is 39.9. The highest BCUT2D eigenvalue weighted by molar-refractivity contribution is 6.12. The van der Waals surface area contributed by atoms with Gasteiger partial charge < -0.3 is 53.2 Å². The minimum atomic E-state index is -1.92. The molecule has 376 valence electrons. The van der Waals surface area contributed by atoms with Crippen LogP contribution in [0.1, 0.15) is 74.6 Å².